The molecule has 60 heavy (non-hydrogen) atoms. The van der Waals surface area contributed by atoms with Gasteiger partial charge in [0.15, 0.2) is 0 Å². The molecule has 3 nitrogen and oxygen atoms in total. The van der Waals surface area contributed by atoms with Gasteiger partial charge in [0.2, 0.25) is 0 Å². The van der Waals surface area contributed by atoms with Crippen LogP contribution in [-0.2, 0) is 16.2 Å². The molecular weight excluding hydrogens is 727 g/mol. The normalized spacial score (nSPS) is 17.5. The molecule has 0 aliphatic heterocycles. The molecule has 0 saturated carbocycles. The quantitative estimate of drug-likeness (QED) is 0.167. The molecule has 4 aliphatic rings. The molecule has 10 aromatic rings. The molecule has 4 aliphatic carbocycles. The Balaban J connectivity index is 1.14. The lowest BCUT2D eigenvalue weighted by atomic mass is 9.55. The Labute approximate surface area is 348 Å². The van der Waals surface area contributed by atoms with Crippen molar-refractivity contribution in [2.45, 2.75) is 30.1 Å². The maximum atomic E-state index is 5.43. The first kappa shape index (κ1) is 32.6. The Morgan fingerprint density at radius 2 is 0.867 bits per heavy atom. The first-order valence-electron chi connectivity index (χ1n) is 21.1. The lowest BCUT2D eigenvalue weighted by Gasteiger charge is -2.47. The number of hydrogen-bond donors (Lipinski definition) is 0. The van der Waals surface area contributed by atoms with E-state index in [0.717, 1.165) is 17.1 Å². The summed E-state index contributed by atoms with van der Waals surface area (Å²) in [5.41, 5.74) is 22.2. The van der Waals surface area contributed by atoms with E-state index >= 15 is 0 Å². The second-order valence-corrected chi connectivity index (χ2v) is 17.6. The molecule has 3 heteroatoms. The van der Waals surface area contributed by atoms with Crippen LogP contribution in [0.15, 0.2) is 188 Å². The standard InChI is InChI=1S/C57H37N3/c1-55(2)44-24-11-12-25-45(44)57(46-26-15-29-58-53(46)54-50(57)30-34(33-59-54)60-51-27-13-6-19-38(51)39-20-7-14-28-52(39)60)49-31-40-37-18-5-10-23-43(37)56(47(40)32-48(49)55)41-21-8-3-16-35(41)36-17-4-9-22-42(36)56/h3-33H,1-2H3. The van der Waals surface area contributed by atoms with Crippen molar-refractivity contribution in [2.24, 2.45) is 0 Å². The molecule has 3 aromatic heterocycles. The number of rotatable bonds is 1. The number of pyridine rings is 2. The van der Waals surface area contributed by atoms with Crippen molar-refractivity contribution in [1.82, 2.24) is 14.5 Å². The molecule has 0 amide bonds. The summed E-state index contributed by atoms with van der Waals surface area (Å²) >= 11 is 0. The van der Waals surface area contributed by atoms with Gasteiger partial charge in [0.25, 0.3) is 0 Å². The van der Waals surface area contributed by atoms with Crippen LogP contribution in [0.5, 0.6) is 0 Å². The lowest BCUT2D eigenvalue weighted by molar-refractivity contribution is 0.561. The molecule has 0 N–H and O–H groups in total. The van der Waals surface area contributed by atoms with Crippen molar-refractivity contribution >= 4 is 21.8 Å². The largest absolute Gasteiger partial charge is 0.308 e. The summed E-state index contributed by atoms with van der Waals surface area (Å²) in [5.74, 6) is 0. The van der Waals surface area contributed by atoms with Crippen LogP contribution in [0.4, 0.5) is 0 Å². The van der Waals surface area contributed by atoms with Crippen LogP contribution in [0, 0.1) is 0 Å². The average molecular weight is 764 g/mol. The van der Waals surface area contributed by atoms with Crippen LogP contribution >= 0.6 is 0 Å². The van der Waals surface area contributed by atoms with Crippen molar-refractivity contribution in [3.63, 3.8) is 0 Å². The summed E-state index contributed by atoms with van der Waals surface area (Å²) < 4.78 is 2.40. The van der Waals surface area contributed by atoms with Crippen LogP contribution in [0.2, 0.25) is 0 Å². The topological polar surface area (TPSA) is 30.7 Å². The molecule has 3 heterocycles. The van der Waals surface area contributed by atoms with Gasteiger partial charge >= 0.3 is 0 Å². The molecule has 1 atom stereocenters. The Kier molecular flexibility index (Phi) is 5.98. The van der Waals surface area contributed by atoms with E-state index < -0.39 is 10.8 Å². The van der Waals surface area contributed by atoms with Gasteiger partial charge in [-0.15, -0.1) is 0 Å². The molecule has 1 unspecified atom stereocenters. The van der Waals surface area contributed by atoms with E-state index in [1.165, 1.54) is 99.7 Å². The van der Waals surface area contributed by atoms with Gasteiger partial charge in [-0.25, -0.2) is 0 Å². The Morgan fingerprint density at radius 1 is 0.367 bits per heavy atom. The van der Waals surface area contributed by atoms with Crippen LogP contribution < -0.4 is 0 Å². The zero-order valence-electron chi connectivity index (χ0n) is 33.2. The summed E-state index contributed by atoms with van der Waals surface area (Å²) in [6.07, 6.45) is 3.99. The minimum atomic E-state index is -0.673. The monoisotopic (exact) mass is 763 g/mol. The van der Waals surface area contributed by atoms with Crippen molar-refractivity contribution in [3.8, 4) is 39.3 Å². The number of hydrogen-bond acceptors (Lipinski definition) is 2. The number of nitrogens with zero attached hydrogens (tertiary/aromatic N) is 3. The third kappa shape index (κ3) is 3.58. The lowest BCUT2D eigenvalue weighted by Crippen LogP contribution is -2.41. The molecule has 0 bridgehead atoms. The maximum Gasteiger partial charge on any atom is 0.0939 e. The fourth-order valence-corrected chi connectivity index (χ4v) is 12.5. The van der Waals surface area contributed by atoms with Gasteiger partial charge in [-0.3, -0.25) is 9.97 Å². The van der Waals surface area contributed by atoms with Gasteiger partial charge in [-0.2, -0.15) is 0 Å². The van der Waals surface area contributed by atoms with Crippen LogP contribution in [0.3, 0.4) is 0 Å². The summed E-state index contributed by atoms with van der Waals surface area (Å²) in [5, 5.41) is 2.48. The molecule has 2 spiro atoms. The number of fused-ring (bicyclic) bond motifs is 22. The highest BCUT2D eigenvalue weighted by molar-refractivity contribution is 6.09. The van der Waals surface area contributed by atoms with Gasteiger partial charge in [0.05, 0.1) is 45.1 Å². The average Bonchev–Trinajstić information content (AvgIpc) is 3.99. The molecule has 14 rings (SSSR count). The maximum absolute atomic E-state index is 5.43. The Hall–Kier alpha value is -7.36. The van der Waals surface area contributed by atoms with Crippen LogP contribution in [0.1, 0.15) is 69.5 Å². The van der Waals surface area contributed by atoms with E-state index in [1.807, 2.05) is 6.20 Å². The van der Waals surface area contributed by atoms with E-state index in [9.17, 15) is 0 Å². The van der Waals surface area contributed by atoms with E-state index in [1.54, 1.807) is 0 Å². The first-order chi connectivity index (χ1) is 29.5. The second-order valence-electron chi connectivity index (χ2n) is 17.6. The third-order valence-electron chi connectivity index (χ3n) is 14.8. The molecular formula is C57H37N3. The smallest absolute Gasteiger partial charge is 0.0939 e. The minimum absolute atomic E-state index is 0.317. The predicted octanol–water partition coefficient (Wildman–Crippen LogP) is 12.9. The summed E-state index contributed by atoms with van der Waals surface area (Å²) in [4.78, 5) is 10.6. The summed E-state index contributed by atoms with van der Waals surface area (Å²) in [6.45, 7) is 4.87. The van der Waals surface area contributed by atoms with Crippen molar-refractivity contribution in [1.29, 1.82) is 0 Å². The van der Waals surface area contributed by atoms with E-state index in [4.69, 9.17) is 9.97 Å². The molecule has 0 fully saturated rings. The SMILES string of the molecule is CC1(C)c2ccccc2C2(c3cc4c(cc31)C1(c3ccccc3-c3ccccc31)c1ccccc1-4)c1cccnc1-c1ncc(-n3c4ccccc4c4ccccc43)cc12. The van der Waals surface area contributed by atoms with Gasteiger partial charge in [0.1, 0.15) is 0 Å². The number of para-hydroxylation sites is 2. The predicted molar refractivity (Wildman–Crippen MR) is 242 cm³/mol. The van der Waals surface area contributed by atoms with E-state index in [0.29, 0.717) is 0 Å². The Morgan fingerprint density at radius 3 is 1.52 bits per heavy atom. The zero-order valence-corrected chi connectivity index (χ0v) is 33.2. The third-order valence-corrected chi connectivity index (χ3v) is 14.8. The van der Waals surface area contributed by atoms with Gasteiger partial charge in [-0.05, 0) is 103 Å². The zero-order chi connectivity index (χ0) is 39.5. The first-order valence-corrected chi connectivity index (χ1v) is 21.1. The highest BCUT2D eigenvalue weighted by Gasteiger charge is 2.57. The van der Waals surface area contributed by atoms with Gasteiger partial charge in [-0.1, -0.05) is 159 Å². The summed E-state index contributed by atoms with van der Waals surface area (Å²) in [7, 11) is 0. The molecule has 7 aromatic carbocycles. The van der Waals surface area contributed by atoms with E-state index in [2.05, 4.69) is 201 Å². The summed E-state index contributed by atoms with van der Waals surface area (Å²) in [6, 6.07) is 66.2. The van der Waals surface area contributed by atoms with Gasteiger partial charge < -0.3 is 4.57 Å². The molecule has 0 saturated heterocycles. The van der Waals surface area contributed by atoms with Crippen LogP contribution in [-0.4, -0.2) is 14.5 Å². The van der Waals surface area contributed by atoms with Crippen LogP contribution in [0.25, 0.3) is 61.1 Å². The Bertz CT molecular complexity index is 3450. The number of benzene rings is 7. The molecule has 0 radical (unpaired) electrons. The van der Waals surface area contributed by atoms with Crippen molar-refractivity contribution < 1.29 is 0 Å². The fraction of sp³-hybridized carbons (Fsp3) is 0.0877. The fourth-order valence-electron chi connectivity index (χ4n) is 12.5. The van der Waals surface area contributed by atoms with Crippen molar-refractivity contribution in [3.05, 3.63) is 244 Å². The highest BCUT2D eigenvalue weighted by atomic mass is 15.0. The van der Waals surface area contributed by atoms with Crippen molar-refractivity contribution in [2.75, 3.05) is 0 Å². The highest BCUT2D eigenvalue weighted by Crippen LogP contribution is 2.67. The second kappa shape index (κ2) is 11.0. The van der Waals surface area contributed by atoms with E-state index in [-0.39, 0.29) is 5.41 Å². The van der Waals surface area contributed by atoms with Gasteiger partial charge in [0, 0.05) is 27.9 Å². The molecule has 280 valence electrons. The number of aromatic nitrogens is 3. The minimum Gasteiger partial charge on any atom is -0.308 e.